The van der Waals surface area contributed by atoms with Crippen molar-refractivity contribution in [3.8, 4) is 5.75 Å². The van der Waals surface area contributed by atoms with Gasteiger partial charge in [0.05, 0.1) is 6.61 Å². The zero-order chi connectivity index (χ0) is 17.2. The van der Waals surface area contributed by atoms with E-state index in [-0.39, 0.29) is 6.54 Å². The molecular formula is C16H22N2O5. The van der Waals surface area contributed by atoms with E-state index in [1.54, 1.807) is 24.3 Å². The van der Waals surface area contributed by atoms with E-state index in [0.717, 1.165) is 12.8 Å². The maximum atomic E-state index is 11.9. The fourth-order valence-corrected chi connectivity index (χ4v) is 1.59. The van der Waals surface area contributed by atoms with Crippen molar-refractivity contribution in [2.75, 3.05) is 13.2 Å². The number of nitrogens with two attached hydrogens (primary N) is 1. The Kier molecular flexibility index (Phi) is 7.59. The maximum absolute atomic E-state index is 11.9. The van der Waals surface area contributed by atoms with Crippen LogP contribution in [0.1, 0.15) is 37.0 Å². The van der Waals surface area contributed by atoms with Crippen molar-refractivity contribution in [2.45, 2.75) is 32.8 Å². The summed E-state index contributed by atoms with van der Waals surface area (Å²) in [4.78, 5) is 34.1. The third-order valence-electron chi connectivity index (χ3n) is 2.99. The molecule has 0 aliphatic rings. The van der Waals surface area contributed by atoms with Crippen molar-refractivity contribution in [1.82, 2.24) is 5.32 Å². The van der Waals surface area contributed by atoms with Gasteiger partial charge in [-0.1, -0.05) is 13.3 Å². The lowest BCUT2D eigenvalue weighted by Gasteiger charge is -2.10. The molecule has 0 saturated heterocycles. The first-order valence-corrected chi connectivity index (χ1v) is 7.44. The van der Waals surface area contributed by atoms with Gasteiger partial charge in [-0.15, -0.1) is 0 Å². The lowest BCUT2D eigenvalue weighted by atomic mass is 10.2. The first kappa shape index (κ1) is 18.5. The van der Waals surface area contributed by atoms with Crippen LogP contribution in [0.25, 0.3) is 0 Å². The Bertz CT molecular complexity index is 542. The lowest BCUT2D eigenvalue weighted by Crippen LogP contribution is -2.36. The predicted molar refractivity (Wildman–Crippen MR) is 83.9 cm³/mol. The predicted octanol–water partition coefficient (Wildman–Crippen LogP) is 1.01. The van der Waals surface area contributed by atoms with Crippen molar-refractivity contribution in [1.29, 1.82) is 0 Å². The summed E-state index contributed by atoms with van der Waals surface area (Å²) < 4.78 is 10.2. The summed E-state index contributed by atoms with van der Waals surface area (Å²) in [7, 11) is 0. The van der Waals surface area contributed by atoms with Gasteiger partial charge in [-0.3, -0.25) is 14.4 Å². The van der Waals surface area contributed by atoms with Gasteiger partial charge in [-0.25, -0.2) is 0 Å². The van der Waals surface area contributed by atoms with E-state index in [2.05, 4.69) is 12.2 Å². The first-order chi connectivity index (χ1) is 10.9. The van der Waals surface area contributed by atoms with Crippen molar-refractivity contribution >= 4 is 17.8 Å². The van der Waals surface area contributed by atoms with Crippen molar-refractivity contribution in [3.63, 3.8) is 0 Å². The van der Waals surface area contributed by atoms with Gasteiger partial charge in [-0.05, 0) is 37.6 Å². The van der Waals surface area contributed by atoms with E-state index in [1.807, 2.05) is 0 Å². The number of ether oxygens (including phenoxy) is 2. The van der Waals surface area contributed by atoms with E-state index in [1.165, 1.54) is 6.92 Å². The summed E-state index contributed by atoms with van der Waals surface area (Å²) in [6, 6.07) is 6.60. The van der Waals surface area contributed by atoms with Gasteiger partial charge < -0.3 is 20.5 Å². The topological polar surface area (TPSA) is 108 Å². The van der Waals surface area contributed by atoms with E-state index in [4.69, 9.17) is 15.2 Å². The summed E-state index contributed by atoms with van der Waals surface area (Å²) in [5.74, 6) is -1.22. The number of hydrogen-bond donors (Lipinski definition) is 2. The summed E-state index contributed by atoms with van der Waals surface area (Å²) in [6.45, 7) is 3.72. The Morgan fingerprint density at radius 1 is 1.22 bits per heavy atom. The molecule has 1 rings (SSSR count). The van der Waals surface area contributed by atoms with Crippen LogP contribution >= 0.6 is 0 Å². The van der Waals surface area contributed by atoms with Gasteiger partial charge in [0.1, 0.15) is 12.3 Å². The molecule has 0 aliphatic carbocycles. The van der Waals surface area contributed by atoms with Crippen LogP contribution in [0, 0.1) is 0 Å². The van der Waals surface area contributed by atoms with Crippen molar-refractivity contribution < 1.29 is 23.9 Å². The number of benzene rings is 1. The minimum atomic E-state index is -1.03. The van der Waals surface area contributed by atoms with Crippen molar-refractivity contribution in [2.24, 2.45) is 5.73 Å². The summed E-state index contributed by atoms with van der Waals surface area (Å²) in [5.41, 5.74) is 5.37. The monoisotopic (exact) mass is 322 g/mol. The quantitative estimate of drug-likeness (QED) is 0.521. The molecule has 3 N–H and O–H groups in total. The van der Waals surface area contributed by atoms with Gasteiger partial charge in [0.25, 0.3) is 11.8 Å². The van der Waals surface area contributed by atoms with E-state index < -0.39 is 23.9 Å². The Balaban J connectivity index is 2.42. The van der Waals surface area contributed by atoms with Crippen LogP contribution in [0.4, 0.5) is 0 Å². The van der Waals surface area contributed by atoms with E-state index in [0.29, 0.717) is 17.9 Å². The van der Waals surface area contributed by atoms with Gasteiger partial charge >= 0.3 is 5.97 Å². The average molecular weight is 322 g/mol. The normalized spacial score (nSPS) is 11.4. The molecule has 2 amide bonds. The fraction of sp³-hybridized carbons (Fsp3) is 0.438. The Morgan fingerprint density at radius 3 is 2.43 bits per heavy atom. The molecule has 23 heavy (non-hydrogen) atoms. The number of nitrogens with one attached hydrogen (secondary N) is 1. The molecule has 0 heterocycles. The number of amides is 2. The van der Waals surface area contributed by atoms with Crippen LogP contribution in [0.3, 0.4) is 0 Å². The summed E-state index contributed by atoms with van der Waals surface area (Å²) in [5, 5.41) is 2.41. The Morgan fingerprint density at radius 2 is 1.87 bits per heavy atom. The molecule has 0 radical (unpaired) electrons. The molecule has 0 fully saturated rings. The highest BCUT2D eigenvalue weighted by Gasteiger charge is 2.15. The summed E-state index contributed by atoms with van der Waals surface area (Å²) in [6.07, 6.45) is 0.984. The smallest absolute Gasteiger partial charge is 0.326 e. The second kappa shape index (κ2) is 9.45. The highest BCUT2D eigenvalue weighted by Crippen LogP contribution is 2.12. The van der Waals surface area contributed by atoms with E-state index >= 15 is 0 Å². The fourth-order valence-electron chi connectivity index (χ4n) is 1.59. The SMILES string of the molecule is CCCCOc1ccc(C(=O)NCC(=O)OC(C)C(N)=O)cc1. The van der Waals surface area contributed by atoms with Crippen LogP contribution in [-0.2, 0) is 14.3 Å². The molecule has 0 aromatic heterocycles. The number of primary amides is 1. The zero-order valence-corrected chi connectivity index (χ0v) is 13.3. The molecule has 0 spiro atoms. The molecular weight excluding hydrogens is 300 g/mol. The standard InChI is InChI=1S/C16H22N2O5/c1-3-4-9-22-13-7-5-12(6-8-13)16(21)18-10-14(19)23-11(2)15(17)20/h5-8,11H,3-4,9-10H2,1-2H3,(H2,17,20)(H,18,21). The molecule has 126 valence electrons. The van der Waals surface area contributed by atoms with Crippen LogP contribution in [-0.4, -0.2) is 37.0 Å². The van der Waals surface area contributed by atoms with Crippen molar-refractivity contribution in [3.05, 3.63) is 29.8 Å². The number of carbonyl (C=O) groups excluding carboxylic acids is 3. The second-order valence-electron chi connectivity index (χ2n) is 4.94. The number of rotatable bonds is 9. The second-order valence-corrected chi connectivity index (χ2v) is 4.94. The minimum absolute atomic E-state index is 0.342. The average Bonchev–Trinajstić information content (AvgIpc) is 2.53. The number of hydrogen-bond acceptors (Lipinski definition) is 5. The molecule has 1 unspecified atom stereocenters. The lowest BCUT2D eigenvalue weighted by molar-refractivity contribution is -0.152. The maximum Gasteiger partial charge on any atom is 0.326 e. The van der Waals surface area contributed by atoms with Crippen LogP contribution in [0.15, 0.2) is 24.3 Å². The first-order valence-electron chi connectivity index (χ1n) is 7.44. The number of carbonyl (C=O) groups is 3. The highest BCUT2D eigenvalue weighted by atomic mass is 16.5. The van der Waals surface area contributed by atoms with E-state index in [9.17, 15) is 14.4 Å². The number of esters is 1. The molecule has 1 aromatic rings. The van der Waals surface area contributed by atoms with Gasteiger partial charge in [0.15, 0.2) is 6.10 Å². The zero-order valence-electron chi connectivity index (χ0n) is 13.3. The van der Waals surface area contributed by atoms with Gasteiger partial charge in [-0.2, -0.15) is 0 Å². The van der Waals surface area contributed by atoms with Crippen LogP contribution < -0.4 is 15.8 Å². The van der Waals surface area contributed by atoms with Gasteiger partial charge in [0, 0.05) is 5.56 Å². The molecule has 0 aliphatic heterocycles. The summed E-state index contributed by atoms with van der Waals surface area (Å²) >= 11 is 0. The van der Waals surface area contributed by atoms with Crippen LogP contribution in [0.5, 0.6) is 5.75 Å². The molecule has 0 saturated carbocycles. The molecule has 7 nitrogen and oxygen atoms in total. The van der Waals surface area contributed by atoms with Gasteiger partial charge in [0.2, 0.25) is 0 Å². The molecule has 7 heteroatoms. The molecule has 0 bridgehead atoms. The largest absolute Gasteiger partial charge is 0.494 e. The Hall–Kier alpha value is -2.57. The molecule has 1 atom stereocenters. The number of unbranched alkanes of at least 4 members (excludes halogenated alkanes) is 1. The molecule has 1 aromatic carbocycles. The Labute approximate surface area is 135 Å². The van der Waals surface area contributed by atoms with Crippen LogP contribution in [0.2, 0.25) is 0 Å². The third-order valence-corrected chi connectivity index (χ3v) is 2.99. The minimum Gasteiger partial charge on any atom is -0.494 e. The third kappa shape index (κ3) is 6.82. The highest BCUT2D eigenvalue weighted by molar-refractivity contribution is 5.96.